The van der Waals surface area contributed by atoms with Crippen LogP contribution in [-0.2, 0) is 28.1 Å². The second kappa shape index (κ2) is 45.7. The minimum Gasteiger partial charge on any atom is -0.359 e. The van der Waals surface area contributed by atoms with Crippen molar-refractivity contribution in [3.05, 3.63) is 0 Å². The number of hydrogen-bond acceptors (Lipinski definition) is 3. The van der Waals surface area contributed by atoms with Crippen LogP contribution in [0.25, 0.3) is 0 Å². The molecule has 0 bridgehead atoms. The third-order valence-electron chi connectivity index (χ3n) is 0.352. The van der Waals surface area contributed by atoms with Crippen molar-refractivity contribution in [1.29, 1.82) is 0 Å². The smallest absolute Gasteiger partial charge is 0.216 e. The Bertz CT molecular complexity index is 113. The van der Waals surface area contributed by atoms with Gasteiger partial charge in [0.05, 0.1) is 0 Å². The molecular formula is C8H22I2N2O2V. The number of halogens is 2. The van der Waals surface area contributed by atoms with Gasteiger partial charge < -0.3 is 15.8 Å². The SMILES string of the molecule is C.CC(C)=O.CN.CNC(C)=O.II.[V]. The molecule has 0 aromatic heterocycles. The molecular weight excluding hydrogens is 461 g/mol. The minimum absolute atomic E-state index is 0. The summed E-state index contributed by atoms with van der Waals surface area (Å²) >= 11 is 4.24. The Morgan fingerprint density at radius 1 is 1.07 bits per heavy atom. The van der Waals surface area contributed by atoms with Gasteiger partial charge in [-0.05, 0) is 20.9 Å². The van der Waals surface area contributed by atoms with E-state index >= 15 is 0 Å². The molecule has 0 aliphatic carbocycles. The van der Waals surface area contributed by atoms with Gasteiger partial charge in [0, 0.05) is 69.8 Å². The molecule has 0 aromatic rings. The molecule has 0 atom stereocenters. The van der Waals surface area contributed by atoms with Gasteiger partial charge in [-0.1, -0.05) is 7.43 Å². The molecule has 0 aliphatic rings. The van der Waals surface area contributed by atoms with Gasteiger partial charge in [0.1, 0.15) is 5.78 Å². The van der Waals surface area contributed by atoms with E-state index in [-0.39, 0.29) is 37.7 Å². The number of nitrogens with two attached hydrogens (primary N) is 1. The summed E-state index contributed by atoms with van der Waals surface area (Å²) in [5.74, 6) is 0.171. The Morgan fingerprint density at radius 3 is 1.13 bits per heavy atom. The van der Waals surface area contributed by atoms with Crippen LogP contribution in [0.5, 0.6) is 0 Å². The number of hydrogen-bond donors (Lipinski definition) is 2. The van der Waals surface area contributed by atoms with Crippen molar-refractivity contribution >= 4 is 48.9 Å². The van der Waals surface area contributed by atoms with Gasteiger partial charge in [0.2, 0.25) is 5.91 Å². The van der Waals surface area contributed by atoms with Crippen LogP contribution < -0.4 is 11.1 Å². The van der Waals surface area contributed by atoms with Gasteiger partial charge in [-0.2, -0.15) is 0 Å². The van der Waals surface area contributed by atoms with Gasteiger partial charge >= 0.3 is 0 Å². The van der Waals surface area contributed by atoms with Crippen LogP contribution in [0.15, 0.2) is 0 Å². The number of carbonyl (C=O) groups is 2. The van der Waals surface area contributed by atoms with Crippen molar-refractivity contribution in [3.8, 4) is 0 Å². The van der Waals surface area contributed by atoms with E-state index in [1.54, 1.807) is 7.05 Å². The van der Waals surface area contributed by atoms with E-state index in [4.69, 9.17) is 0 Å². The van der Waals surface area contributed by atoms with Crippen LogP contribution in [0.4, 0.5) is 0 Å². The molecule has 7 heteroatoms. The molecule has 15 heavy (non-hydrogen) atoms. The summed E-state index contributed by atoms with van der Waals surface area (Å²) in [6, 6.07) is 0. The summed E-state index contributed by atoms with van der Waals surface area (Å²) in [6.07, 6.45) is 0. The Kier molecular flexibility index (Phi) is 110. The molecule has 95 valence electrons. The fourth-order valence-corrected chi connectivity index (χ4v) is 0. The molecule has 1 amide bonds. The molecule has 0 fully saturated rings. The van der Waals surface area contributed by atoms with Crippen LogP contribution in [0, 0.1) is 0 Å². The predicted octanol–water partition coefficient (Wildman–Crippen LogP) is 2.33. The molecule has 0 unspecified atom stereocenters. The van der Waals surface area contributed by atoms with Crippen molar-refractivity contribution < 1.29 is 28.1 Å². The molecule has 0 spiro atoms. The summed E-state index contributed by atoms with van der Waals surface area (Å²) in [5, 5.41) is 2.39. The van der Waals surface area contributed by atoms with E-state index in [0.717, 1.165) is 0 Å². The first-order chi connectivity index (χ1) is 6.00. The zero-order valence-corrected chi connectivity index (χ0v) is 14.8. The zero-order valence-electron chi connectivity index (χ0n) is 9.10. The van der Waals surface area contributed by atoms with Crippen LogP contribution in [0.2, 0.25) is 0 Å². The van der Waals surface area contributed by atoms with Crippen molar-refractivity contribution in [3.63, 3.8) is 0 Å². The van der Waals surface area contributed by atoms with E-state index in [1.165, 1.54) is 27.8 Å². The quantitative estimate of drug-likeness (QED) is 0.520. The van der Waals surface area contributed by atoms with E-state index in [2.05, 4.69) is 48.3 Å². The molecule has 0 saturated carbocycles. The average Bonchev–Trinajstić information content (AvgIpc) is 2.10. The number of rotatable bonds is 0. The molecule has 1 radical (unpaired) electrons. The summed E-state index contributed by atoms with van der Waals surface area (Å²) in [6.45, 7) is 4.53. The fraction of sp³-hybridized carbons (Fsp3) is 0.750. The molecule has 0 rings (SSSR count). The van der Waals surface area contributed by atoms with Crippen molar-refractivity contribution in [2.45, 2.75) is 28.2 Å². The standard InChI is InChI=1S/C3H7NO.C3H6O.CH5N.CH4.I2.V/c1-3(5)4-2;1-3(2)4;1-2;;1-2;/h1-2H3,(H,4,5);1-2H3;2H2,1H3;1H4;;. The first-order valence-electron chi connectivity index (χ1n) is 3.38. The maximum atomic E-state index is 9.70. The van der Waals surface area contributed by atoms with Gasteiger partial charge in [-0.25, -0.2) is 0 Å². The first-order valence-corrected chi connectivity index (χ1v) is 9.66. The van der Waals surface area contributed by atoms with Gasteiger partial charge in [-0.3, -0.25) is 4.79 Å². The monoisotopic (exact) mass is 483 g/mol. The maximum Gasteiger partial charge on any atom is 0.216 e. The number of ketones is 1. The minimum atomic E-state index is 0. The third-order valence-corrected chi connectivity index (χ3v) is 0.352. The number of Topliss-reactive ketones (excluding diaryl/α,β-unsaturated/α-hetero) is 1. The van der Waals surface area contributed by atoms with Crippen molar-refractivity contribution in [2.75, 3.05) is 14.1 Å². The summed E-state index contributed by atoms with van der Waals surface area (Å²) in [5.41, 5.74) is 4.50. The normalized spacial score (nSPS) is 4.80. The Hall–Kier alpha value is 1.14. The summed E-state index contributed by atoms with van der Waals surface area (Å²) in [4.78, 5) is 19.1. The van der Waals surface area contributed by atoms with Crippen LogP contribution in [0.3, 0.4) is 0 Å². The molecule has 0 heterocycles. The molecule has 0 aliphatic heterocycles. The largest absolute Gasteiger partial charge is 0.359 e. The second-order valence-electron chi connectivity index (χ2n) is 1.71. The number of carbonyl (C=O) groups excluding carboxylic acids is 2. The molecule has 0 aromatic carbocycles. The van der Waals surface area contributed by atoms with Crippen LogP contribution >= 0.6 is 37.2 Å². The van der Waals surface area contributed by atoms with Crippen molar-refractivity contribution in [1.82, 2.24) is 5.32 Å². The predicted molar refractivity (Wildman–Crippen MR) is 81.0 cm³/mol. The topological polar surface area (TPSA) is 72.2 Å². The van der Waals surface area contributed by atoms with Gasteiger partial charge in [-0.15, -0.1) is 0 Å². The summed E-state index contributed by atoms with van der Waals surface area (Å²) < 4.78 is 0. The average molecular weight is 483 g/mol. The van der Waals surface area contributed by atoms with Crippen LogP contribution in [-0.4, -0.2) is 25.8 Å². The second-order valence-corrected chi connectivity index (χ2v) is 1.71. The number of amides is 1. The first kappa shape index (κ1) is 36.0. The Morgan fingerprint density at radius 2 is 1.13 bits per heavy atom. The van der Waals surface area contributed by atoms with E-state index in [1.807, 2.05) is 0 Å². The maximum absolute atomic E-state index is 9.70. The molecule has 3 N–H and O–H groups in total. The van der Waals surface area contributed by atoms with E-state index in [0.29, 0.717) is 0 Å². The molecule has 4 nitrogen and oxygen atoms in total. The van der Waals surface area contributed by atoms with E-state index in [9.17, 15) is 9.59 Å². The van der Waals surface area contributed by atoms with E-state index < -0.39 is 0 Å². The molecule has 0 saturated heterocycles. The third kappa shape index (κ3) is 265. The summed E-state index contributed by atoms with van der Waals surface area (Å²) in [7, 11) is 3.10. The van der Waals surface area contributed by atoms with Crippen molar-refractivity contribution in [2.24, 2.45) is 5.73 Å². The Balaban J connectivity index is -0.0000000186. The van der Waals surface area contributed by atoms with Gasteiger partial charge in [0.15, 0.2) is 0 Å². The number of nitrogens with one attached hydrogen (secondary N) is 1. The fourth-order valence-electron chi connectivity index (χ4n) is 0. The van der Waals surface area contributed by atoms with Gasteiger partial charge in [0.25, 0.3) is 0 Å². The zero-order chi connectivity index (χ0) is 11.9. The Labute approximate surface area is 129 Å². The van der Waals surface area contributed by atoms with Crippen LogP contribution in [0.1, 0.15) is 28.2 Å².